The lowest BCUT2D eigenvalue weighted by molar-refractivity contribution is -0.136. The van der Waals surface area contributed by atoms with Gasteiger partial charge < -0.3 is 14.2 Å². The third-order valence-corrected chi connectivity index (χ3v) is 7.64. The summed E-state index contributed by atoms with van der Waals surface area (Å²) in [6, 6.07) is 2.55. The van der Waals surface area contributed by atoms with E-state index in [0.717, 1.165) is 38.3 Å². The maximum atomic E-state index is 13.6. The van der Waals surface area contributed by atoms with Crippen LogP contribution in [0.3, 0.4) is 0 Å². The van der Waals surface area contributed by atoms with E-state index in [1.807, 2.05) is 22.6 Å². The summed E-state index contributed by atoms with van der Waals surface area (Å²) in [5.74, 6) is 0.423. The zero-order valence-electron chi connectivity index (χ0n) is 17.9. The Morgan fingerprint density at radius 3 is 2.90 bits per heavy atom. The Morgan fingerprint density at radius 2 is 2.24 bits per heavy atom. The molecule has 2 aliphatic heterocycles. The molecule has 2 atom stereocenters. The van der Waals surface area contributed by atoms with Crippen LogP contribution in [-0.4, -0.2) is 65.2 Å². The highest BCUT2D eigenvalue weighted by Crippen LogP contribution is 2.50. The fourth-order valence-corrected chi connectivity index (χ4v) is 5.78. The van der Waals surface area contributed by atoms with Gasteiger partial charge in [0, 0.05) is 62.9 Å². The lowest BCUT2D eigenvalue weighted by Crippen LogP contribution is -2.40. The Balaban J connectivity index is 1.62. The maximum absolute atomic E-state index is 13.6. The minimum atomic E-state index is -0.366. The van der Waals surface area contributed by atoms with Crippen molar-refractivity contribution >= 4 is 17.2 Å². The lowest BCUT2D eigenvalue weighted by Gasteiger charge is -2.28. The molecule has 0 bridgehead atoms. The molecule has 2 aromatic rings. The summed E-state index contributed by atoms with van der Waals surface area (Å²) >= 11 is 1.81. The second-order valence-electron chi connectivity index (χ2n) is 8.78. The number of likely N-dealkylation sites (tertiary alicyclic amines) is 2. The van der Waals surface area contributed by atoms with Crippen LogP contribution in [0.15, 0.2) is 24.0 Å². The van der Waals surface area contributed by atoms with E-state index < -0.39 is 0 Å². The Bertz CT molecular complexity index is 861. The Hall–Kier alpha value is -1.70. The number of ether oxygens (including phenoxy) is 1. The molecule has 0 aromatic carbocycles. The van der Waals surface area contributed by atoms with Gasteiger partial charge in [0.25, 0.3) is 0 Å². The van der Waals surface area contributed by atoms with Crippen LogP contribution in [-0.2, 0) is 16.1 Å². The van der Waals surface area contributed by atoms with Gasteiger partial charge in [-0.1, -0.05) is 0 Å². The third-order valence-electron chi connectivity index (χ3n) is 6.63. The van der Waals surface area contributed by atoms with Crippen molar-refractivity contribution in [3.8, 4) is 0 Å². The average Bonchev–Trinajstić information content (AvgIpc) is 3.45. The van der Waals surface area contributed by atoms with Crippen molar-refractivity contribution < 1.29 is 9.53 Å². The van der Waals surface area contributed by atoms with E-state index in [1.165, 1.54) is 10.4 Å². The maximum Gasteiger partial charge on any atom is 0.230 e. The summed E-state index contributed by atoms with van der Waals surface area (Å²) in [5.41, 5.74) is 2.04. The van der Waals surface area contributed by atoms with Crippen LogP contribution in [0.2, 0.25) is 0 Å². The topological polar surface area (TPSA) is 50.6 Å². The first kappa shape index (κ1) is 20.6. The first-order chi connectivity index (χ1) is 13.9. The molecule has 0 aliphatic carbocycles. The van der Waals surface area contributed by atoms with Gasteiger partial charge in [0.15, 0.2) is 0 Å². The first-order valence-electron chi connectivity index (χ1n) is 10.5. The predicted octanol–water partition coefficient (Wildman–Crippen LogP) is 3.30. The highest BCUT2D eigenvalue weighted by Gasteiger charge is 2.57. The SMILES string of the molecule is COCCN1CC[C@]2(CN(Cc3sccc3C)C[C@H]2c2cn(C(C)C)cn2)C1=O. The predicted molar refractivity (Wildman–Crippen MR) is 115 cm³/mol. The van der Waals surface area contributed by atoms with Crippen molar-refractivity contribution in [3.63, 3.8) is 0 Å². The van der Waals surface area contributed by atoms with Crippen LogP contribution in [0.1, 0.15) is 48.4 Å². The van der Waals surface area contributed by atoms with Crippen molar-refractivity contribution in [1.29, 1.82) is 0 Å². The van der Waals surface area contributed by atoms with Gasteiger partial charge in [-0.05, 0) is 44.2 Å². The van der Waals surface area contributed by atoms with E-state index in [0.29, 0.717) is 19.2 Å². The molecule has 2 saturated heterocycles. The van der Waals surface area contributed by atoms with Gasteiger partial charge in [-0.15, -0.1) is 11.3 Å². The number of methoxy groups -OCH3 is 1. The number of aromatic nitrogens is 2. The second kappa shape index (κ2) is 8.20. The molecule has 2 fully saturated rings. The summed E-state index contributed by atoms with van der Waals surface area (Å²) in [6.45, 7) is 11.2. The number of amides is 1. The molecule has 29 heavy (non-hydrogen) atoms. The van der Waals surface area contributed by atoms with Gasteiger partial charge in [-0.3, -0.25) is 9.69 Å². The molecule has 2 aromatic heterocycles. The monoisotopic (exact) mass is 416 g/mol. The average molecular weight is 417 g/mol. The van der Waals surface area contributed by atoms with E-state index in [2.05, 4.69) is 47.9 Å². The molecule has 0 N–H and O–H groups in total. The molecule has 1 spiro atoms. The molecule has 158 valence electrons. The van der Waals surface area contributed by atoms with Crippen LogP contribution in [0, 0.1) is 12.3 Å². The quantitative estimate of drug-likeness (QED) is 0.695. The number of carbonyl (C=O) groups is 1. The van der Waals surface area contributed by atoms with E-state index >= 15 is 0 Å². The number of hydrogen-bond acceptors (Lipinski definition) is 5. The van der Waals surface area contributed by atoms with Crippen molar-refractivity contribution in [2.45, 2.75) is 45.7 Å². The van der Waals surface area contributed by atoms with Crippen LogP contribution in [0.5, 0.6) is 0 Å². The molecule has 0 unspecified atom stereocenters. The molecular weight excluding hydrogens is 384 g/mol. The Labute approximate surface area is 177 Å². The molecule has 6 nitrogen and oxygen atoms in total. The third kappa shape index (κ3) is 3.76. The van der Waals surface area contributed by atoms with Crippen LogP contribution >= 0.6 is 11.3 Å². The number of carbonyl (C=O) groups excluding carboxylic acids is 1. The van der Waals surface area contributed by atoms with Gasteiger partial charge in [-0.25, -0.2) is 4.98 Å². The smallest absolute Gasteiger partial charge is 0.230 e. The van der Waals surface area contributed by atoms with Gasteiger partial charge in [0.1, 0.15) is 0 Å². The van der Waals surface area contributed by atoms with Gasteiger partial charge in [0.2, 0.25) is 5.91 Å². The summed E-state index contributed by atoms with van der Waals surface area (Å²) in [4.78, 5) is 24.2. The number of rotatable bonds is 7. The van der Waals surface area contributed by atoms with Crippen molar-refractivity contribution in [2.75, 3.05) is 39.9 Å². The molecule has 0 saturated carbocycles. The molecule has 4 heterocycles. The summed E-state index contributed by atoms with van der Waals surface area (Å²) in [6.07, 6.45) is 4.97. The summed E-state index contributed by atoms with van der Waals surface area (Å²) < 4.78 is 7.38. The highest BCUT2D eigenvalue weighted by molar-refractivity contribution is 7.10. The normalized spacial score (nSPS) is 25.2. The minimum Gasteiger partial charge on any atom is -0.383 e. The number of nitrogens with zero attached hydrogens (tertiary/aromatic N) is 4. The van der Waals surface area contributed by atoms with Crippen molar-refractivity contribution in [1.82, 2.24) is 19.4 Å². The van der Waals surface area contributed by atoms with E-state index in [1.54, 1.807) is 7.11 Å². The number of thiophene rings is 1. The van der Waals surface area contributed by atoms with Crippen molar-refractivity contribution in [2.24, 2.45) is 5.41 Å². The number of hydrogen-bond donors (Lipinski definition) is 0. The molecule has 2 aliphatic rings. The zero-order chi connectivity index (χ0) is 20.6. The van der Waals surface area contributed by atoms with Crippen LogP contribution < -0.4 is 0 Å². The first-order valence-corrected chi connectivity index (χ1v) is 11.4. The fourth-order valence-electron chi connectivity index (χ4n) is 4.83. The Kier molecular flexibility index (Phi) is 5.82. The molecule has 4 rings (SSSR count). The van der Waals surface area contributed by atoms with E-state index in [-0.39, 0.29) is 17.2 Å². The molecule has 1 amide bonds. The summed E-state index contributed by atoms with van der Waals surface area (Å²) in [7, 11) is 1.69. The van der Waals surface area contributed by atoms with Crippen LogP contribution in [0.25, 0.3) is 0 Å². The van der Waals surface area contributed by atoms with Crippen LogP contribution in [0.4, 0.5) is 0 Å². The largest absolute Gasteiger partial charge is 0.383 e. The van der Waals surface area contributed by atoms with E-state index in [4.69, 9.17) is 9.72 Å². The standard InChI is InChI=1S/C22H32N4O2S/c1-16(2)26-12-19(23-15-26)18-11-24(13-20-17(3)5-10-29-20)14-22(18)6-7-25(21(22)27)8-9-28-4/h5,10,12,15-16,18H,6-9,11,13-14H2,1-4H3/t18-,22+/m0/s1. The highest BCUT2D eigenvalue weighted by atomic mass is 32.1. The molecular formula is C22H32N4O2S. The second-order valence-corrected chi connectivity index (χ2v) is 9.78. The fraction of sp³-hybridized carbons (Fsp3) is 0.636. The number of aryl methyl sites for hydroxylation is 1. The number of imidazole rings is 1. The summed E-state index contributed by atoms with van der Waals surface area (Å²) in [5, 5.41) is 2.16. The van der Waals surface area contributed by atoms with Crippen molar-refractivity contribution in [3.05, 3.63) is 40.1 Å². The van der Waals surface area contributed by atoms with Gasteiger partial charge >= 0.3 is 0 Å². The lowest BCUT2D eigenvalue weighted by atomic mass is 9.75. The molecule has 0 radical (unpaired) electrons. The molecule has 7 heteroatoms. The van der Waals surface area contributed by atoms with Gasteiger partial charge in [0.05, 0.1) is 24.0 Å². The van der Waals surface area contributed by atoms with E-state index in [9.17, 15) is 4.79 Å². The Morgan fingerprint density at radius 1 is 1.41 bits per heavy atom. The minimum absolute atomic E-state index is 0.141. The van der Waals surface area contributed by atoms with Gasteiger partial charge in [-0.2, -0.15) is 0 Å². The zero-order valence-corrected chi connectivity index (χ0v) is 18.7.